The first-order chi connectivity index (χ1) is 12.6. The summed E-state index contributed by atoms with van der Waals surface area (Å²) in [6, 6.07) is 6.57. The fourth-order valence-corrected chi connectivity index (χ4v) is 4.67. The lowest BCUT2D eigenvalue weighted by atomic mass is 10.2. The van der Waals surface area contributed by atoms with Crippen LogP contribution in [0.4, 0.5) is 0 Å². The van der Waals surface area contributed by atoms with Crippen molar-refractivity contribution in [3.8, 4) is 0 Å². The minimum atomic E-state index is -0.738. The molecule has 2 atom stereocenters. The SMILES string of the molecule is CC(=O)N1[C@@H](C(=O)OCC(=O)NCc2cccs2)CS[C@H]1c1ccco1. The van der Waals surface area contributed by atoms with Crippen LogP contribution in [0, 0.1) is 0 Å². The molecule has 3 heterocycles. The first-order valence-corrected chi connectivity index (χ1v) is 9.88. The van der Waals surface area contributed by atoms with Crippen LogP contribution in [0.25, 0.3) is 0 Å². The predicted molar refractivity (Wildman–Crippen MR) is 97.3 cm³/mol. The zero-order chi connectivity index (χ0) is 18.5. The second-order valence-electron chi connectivity index (χ2n) is 5.61. The molecule has 1 aliphatic heterocycles. The van der Waals surface area contributed by atoms with Crippen LogP contribution in [0.15, 0.2) is 40.3 Å². The molecular formula is C17H18N2O5S2. The average Bonchev–Trinajstić information content (AvgIpc) is 3.37. The molecular weight excluding hydrogens is 376 g/mol. The highest BCUT2D eigenvalue weighted by Gasteiger charge is 2.43. The van der Waals surface area contributed by atoms with Crippen molar-refractivity contribution in [2.75, 3.05) is 12.4 Å². The molecule has 26 heavy (non-hydrogen) atoms. The topological polar surface area (TPSA) is 88.8 Å². The lowest BCUT2D eigenvalue weighted by Crippen LogP contribution is -2.43. The smallest absolute Gasteiger partial charge is 0.330 e. The van der Waals surface area contributed by atoms with E-state index in [4.69, 9.17) is 9.15 Å². The Kier molecular flexibility index (Phi) is 6.00. The third kappa shape index (κ3) is 4.28. The van der Waals surface area contributed by atoms with Crippen LogP contribution in [0.2, 0.25) is 0 Å². The van der Waals surface area contributed by atoms with Crippen molar-refractivity contribution in [1.82, 2.24) is 10.2 Å². The second kappa shape index (κ2) is 8.41. The van der Waals surface area contributed by atoms with Crippen LogP contribution in [0.3, 0.4) is 0 Å². The lowest BCUT2D eigenvalue weighted by molar-refractivity contribution is -0.156. The molecule has 0 bridgehead atoms. The summed E-state index contributed by atoms with van der Waals surface area (Å²) in [6.45, 7) is 1.42. The molecule has 1 fully saturated rings. The number of ether oxygens (including phenoxy) is 1. The van der Waals surface area contributed by atoms with E-state index in [1.54, 1.807) is 12.1 Å². The van der Waals surface area contributed by atoms with E-state index in [-0.39, 0.29) is 23.8 Å². The number of rotatable bonds is 6. The Hall–Kier alpha value is -2.26. The van der Waals surface area contributed by atoms with Crippen LogP contribution >= 0.6 is 23.1 Å². The van der Waals surface area contributed by atoms with Crippen molar-refractivity contribution in [2.24, 2.45) is 0 Å². The zero-order valence-corrected chi connectivity index (χ0v) is 15.7. The zero-order valence-electron chi connectivity index (χ0n) is 14.0. The number of amides is 2. The van der Waals surface area contributed by atoms with E-state index < -0.39 is 12.0 Å². The van der Waals surface area contributed by atoms with Crippen molar-refractivity contribution in [3.05, 3.63) is 46.5 Å². The van der Waals surface area contributed by atoms with Crippen molar-refractivity contribution < 1.29 is 23.5 Å². The number of esters is 1. The highest BCUT2D eigenvalue weighted by atomic mass is 32.2. The molecule has 1 aliphatic rings. The van der Waals surface area contributed by atoms with Crippen molar-refractivity contribution in [3.63, 3.8) is 0 Å². The summed E-state index contributed by atoms with van der Waals surface area (Å²) in [5, 5.41) is 4.24. The van der Waals surface area contributed by atoms with E-state index in [9.17, 15) is 14.4 Å². The molecule has 0 radical (unpaired) electrons. The molecule has 2 aromatic heterocycles. The van der Waals surface area contributed by atoms with E-state index in [1.807, 2.05) is 17.5 Å². The van der Waals surface area contributed by atoms with Gasteiger partial charge in [0.25, 0.3) is 5.91 Å². The molecule has 2 amide bonds. The summed E-state index contributed by atoms with van der Waals surface area (Å²) in [4.78, 5) is 38.7. The number of thioether (sulfide) groups is 1. The number of thiophene rings is 1. The summed E-state index contributed by atoms with van der Waals surface area (Å²) in [5.41, 5.74) is 0. The maximum absolute atomic E-state index is 12.4. The van der Waals surface area contributed by atoms with E-state index in [0.29, 0.717) is 18.1 Å². The van der Waals surface area contributed by atoms with Crippen LogP contribution in [-0.2, 0) is 25.7 Å². The molecule has 9 heteroatoms. The van der Waals surface area contributed by atoms with Gasteiger partial charge in [-0.25, -0.2) is 4.79 Å². The van der Waals surface area contributed by atoms with Crippen molar-refractivity contribution in [1.29, 1.82) is 0 Å². The Labute approximate surface area is 158 Å². The minimum absolute atomic E-state index is 0.250. The molecule has 3 rings (SSSR count). The van der Waals surface area contributed by atoms with Gasteiger partial charge in [0, 0.05) is 17.6 Å². The number of carbonyl (C=O) groups is 3. The summed E-state index contributed by atoms with van der Waals surface area (Å²) < 4.78 is 10.5. The molecule has 0 aromatic carbocycles. The van der Waals surface area contributed by atoms with Gasteiger partial charge in [-0.15, -0.1) is 23.1 Å². The van der Waals surface area contributed by atoms with Crippen LogP contribution < -0.4 is 5.32 Å². The molecule has 1 saturated heterocycles. The number of nitrogens with one attached hydrogen (secondary N) is 1. The van der Waals surface area contributed by atoms with Gasteiger partial charge >= 0.3 is 5.97 Å². The molecule has 7 nitrogen and oxygen atoms in total. The second-order valence-corrected chi connectivity index (χ2v) is 7.75. The standard InChI is InChI=1S/C17H18N2O5S2/c1-11(20)19-13(10-26-16(19)14-5-2-6-23-14)17(22)24-9-15(21)18-8-12-4-3-7-25-12/h2-7,13,16H,8-10H2,1H3,(H,18,21)/t13-,16+/m1/s1. The fraction of sp³-hybridized carbons (Fsp3) is 0.353. The maximum atomic E-state index is 12.4. The van der Waals surface area contributed by atoms with Crippen LogP contribution in [-0.4, -0.2) is 41.1 Å². The Morgan fingerprint density at radius 1 is 1.35 bits per heavy atom. The van der Waals surface area contributed by atoms with Gasteiger partial charge in [0.05, 0.1) is 12.8 Å². The first-order valence-electron chi connectivity index (χ1n) is 7.96. The number of hydrogen-bond donors (Lipinski definition) is 1. The van der Waals surface area contributed by atoms with Crippen molar-refractivity contribution >= 4 is 40.9 Å². The average molecular weight is 394 g/mol. The largest absolute Gasteiger partial charge is 0.466 e. The molecule has 2 aromatic rings. The highest BCUT2D eigenvalue weighted by Crippen LogP contribution is 2.41. The Bertz CT molecular complexity index is 760. The summed E-state index contributed by atoms with van der Waals surface area (Å²) in [6.07, 6.45) is 1.53. The summed E-state index contributed by atoms with van der Waals surface area (Å²) in [7, 11) is 0. The van der Waals surface area contributed by atoms with Crippen LogP contribution in [0.5, 0.6) is 0 Å². The Morgan fingerprint density at radius 3 is 2.85 bits per heavy atom. The summed E-state index contributed by atoms with van der Waals surface area (Å²) in [5.74, 6) is -0.224. The van der Waals surface area contributed by atoms with E-state index in [1.165, 1.54) is 41.2 Å². The van der Waals surface area contributed by atoms with Gasteiger partial charge in [0.1, 0.15) is 17.2 Å². The number of furan rings is 1. The third-order valence-corrected chi connectivity index (χ3v) is 5.97. The van der Waals surface area contributed by atoms with Gasteiger partial charge in [-0.3, -0.25) is 9.59 Å². The predicted octanol–water partition coefficient (Wildman–Crippen LogP) is 2.16. The number of nitrogens with zero attached hydrogens (tertiary/aromatic N) is 1. The summed E-state index contributed by atoms with van der Waals surface area (Å²) >= 11 is 2.96. The molecule has 138 valence electrons. The Balaban J connectivity index is 1.53. The van der Waals surface area contributed by atoms with Gasteiger partial charge in [-0.2, -0.15) is 0 Å². The number of carbonyl (C=O) groups excluding carboxylic acids is 3. The normalized spacial score (nSPS) is 19.3. The molecule has 0 saturated carbocycles. The van der Waals surface area contributed by atoms with E-state index in [2.05, 4.69) is 5.32 Å². The van der Waals surface area contributed by atoms with Gasteiger partial charge in [0.2, 0.25) is 5.91 Å². The first kappa shape index (κ1) is 18.5. The highest BCUT2D eigenvalue weighted by molar-refractivity contribution is 7.99. The van der Waals surface area contributed by atoms with Gasteiger partial charge in [0.15, 0.2) is 6.61 Å². The Morgan fingerprint density at radius 2 is 2.19 bits per heavy atom. The molecule has 0 unspecified atom stereocenters. The van der Waals surface area contributed by atoms with Gasteiger partial charge < -0.3 is 19.4 Å². The van der Waals surface area contributed by atoms with Crippen molar-refractivity contribution in [2.45, 2.75) is 24.9 Å². The fourth-order valence-electron chi connectivity index (χ4n) is 2.61. The third-order valence-electron chi connectivity index (χ3n) is 3.81. The minimum Gasteiger partial charge on any atom is -0.466 e. The maximum Gasteiger partial charge on any atom is 0.330 e. The molecule has 1 N–H and O–H groups in total. The number of hydrogen-bond acceptors (Lipinski definition) is 7. The molecule has 0 spiro atoms. The van der Waals surface area contributed by atoms with Gasteiger partial charge in [-0.1, -0.05) is 6.07 Å². The monoisotopic (exact) mass is 394 g/mol. The van der Waals surface area contributed by atoms with Crippen LogP contribution in [0.1, 0.15) is 22.9 Å². The molecule has 0 aliphatic carbocycles. The quantitative estimate of drug-likeness (QED) is 0.756. The lowest BCUT2D eigenvalue weighted by Gasteiger charge is -2.25. The van der Waals surface area contributed by atoms with E-state index in [0.717, 1.165) is 4.88 Å². The van der Waals surface area contributed by atoms with E-state index >= 15 is 0 Å². The van der Waals surface area contributed by atoms with Gasteiger partial charge in [-0.05, 0) is 23.6 Å².